The van der Waals surface area contributed by atoms with Crippen molar-refractivity contribution in [2.24, 2.45) is 5.41 Å². The Balaban J connectivity index is 2.68. The monoisotopic (exact) mass is 287 g/mol. The summed E-state index contributed by atoms with van der Waals surface area (Å²) in [5, 5.41) is 1.75. The number of carbonyl (C=O) groups is 2. The molecule has 1 N–H and O–H groups in total. The Bertz CT molecular complexity index is 327. The summed E-state index contributed by atoms with van der Waals surface area (Å²) >= 11 is 5.45. The molecule has 1 aliphatic rings. The molecule has 104 valence electrons. The van der Waals surface area contributed by atoms with Crippen molar-refractivity contribution in [3.63, 3.8) is 0 Å². The van der Waals surface area contributed by atoms with Crippen LogP contribution in [0.5, 0.6) is 0 Å². The molecule has 0 aromatic rings. The maximum absolute atomic E-state index is 12.1. The van der Waals surface area contributed by atoms with Gasteiger partial charge < -0.3 is 10.1 Å². The molecule has 0 aromatic heterocycles. The van der Waals surface area contributed by atoms with Crippen LogP contribution in [0.4, 0.5) is 13.2 Å². The van der Waals surface area contributed by atoms with Gasteiger partial charge in [0.1, 0.15) is 0 Å². The van der Waals surface area contributed by atoms with E-state index in [1.165, 1.54) is 0 Å². The molecule has 1 fully saturated rings. The third kappa shape index (κ3) is 3.58. The number of carbonyl (C=O) groups excluding carboxylic acids is 2. The molecular weight excluding hydrogens is 275 g/mol. The fourth-order valence-corrected chi connectivity index (χ4v) is 2.09. The van der Waals surface area contributed by atoms with Crippen molar-refractivity contribution in [2.45, 2.75) is 19.0 Å². The van der Waals surface area contributed by atoms with E-state index in [1.54, 1.807) is 5.32 Å². The highest BCUT2D eigenvalue weighted by atomic mass is 35.5. The first-order valence-electron chi connectivity index (χ1n) is 5.34. The Labute approximate surface area is 107 Å². The van der Waals surface area contributed by atoms with Gasteiger partial charge in [0, 0.05) is 19.8 Å². The van der Waals surface area contributed by atoms with Crippen LogP contribution in [0.25, 0.3) is 0 Å². The van der Waals surface area contributed by atoms with Crippen LogP contribution in [0.3, 0.4) is 0 Å². The fraction of sp³-hybridized carbons (Fsp3) is 0.800. The third-order valence-electron chi connectivity index (χ3n) is 3.01. The van der Waals surface area contributed by atoms with Gasteiger partial charge in [-0.1, -0.05) is 0 Å². The molecule has 0 spiro atoms. The summed E-state index contributed by atoms with van der Waals surface area (Å²) in [6, 6.07) is 0. The first-order valence-corrected chi connectivity index (χ1v) is 5.87. The first kappa shape index (κ1) is 15.2. The zero-order valence-electron chi connectivity index (χ0n) is 9.48. The van der Waals surface area contributed by atoms with Crippen molar-refractivity contribution >= 4 is 23.3 Å². The van der Waals surface area contributed by atoms with Crippen LogP contribution in [0.1, 0.15) is 12.8 Å². The highest BCUT2D eigenvalue weighted by molar-refractivity contribution is 6.28. The molecule has 1 aliphatic heterocycles. The summed E-state index contributed by atoms with van der Waals surface area (Å²) in [6.07, 6.45) is -4.43. The minimum atomic E-state index is -4.95. The van der Waals surface area contributed by atoms with Crippen molar-refractivity contribution in [1.29, 1.82) is 0 Å². The lowest BCUT2D eigenvalue weighted by atomic mass is 9.76. The highest BCUT2D eigenvalue weighted by Gasteiger charge is 2.43. The number of ether oxygens (including phenoxy) is 1. The lowest BCUT2D eigenvalue weighted by Crippen LogP contribution is -2.49. The molecule has 1 saturated heterocycles. The maximum Gasteiger partial charge on any atom is 0.471 e. The molecule has 1 amide bonds. The van der Waals surface area contributed by atoms with Crippen molar-refractivity contribution in [3.05, 3.63) is 0 Å². The minimum absolute atomic E-state index is 0.261. The SMILES string of the molecule is O=C(NCC1(C(=O)CCl)CCOCC1)C(F)(F)F. The van der Waals surface area contributed by atoms with Gasteiger partial charge in [-0.3, -0.25) is 9.59 Å². The van der Waals surface area contributed by atoms with Crippen molar-refractivity contribution in [2.75, 3.05) is 25.6 Å². The van der Waals surface area contributed by atoms with Crippen LogP contribution >= 0.6 is 11.6 Å². The number of Topliss-reactive ketones (excluding diaryl/α,β-unsaturated/α-hetero) is 1. The molecule has 8 heteroatoms. The summed E-state index contributed by atoms with van der Waals surface area (Å²) < 4.78 is 41.3. The van der Waals surface area contributed by atoms with E-state index < -0.39 is 17.5 Å². The number of alkyl halides is 4. The zero-order chi connectivity index (χ0) is 13.8. The highest BCUT2D eigenvalue weighted by Crippen LogP contribution is 2.31. The van der Waals surface area contributed by atoms with Crippen LogP contribution < -0.4 is 5.32 Å². The number of hydrogen-bond donors (Lipinski definition) is 1. The second-order valence-electron chi connectivity index (χ2n) is 4.13. The number of amides is 1. The Morgan fingerprint density at radius 3 is 2.28 bits per heavy atom. The largest absolute Gasteiger partial charge is 0.471 e. The quantitative estimate of drug-likeness (QED) is 0.792. The smallest absolute Gasteiger partial charge is 0.381 e. The zero-order valence-corrected chi connectivity index (χ0v) is 10.2. The first-order chi connectivity index (χ1) is 8.32. The molecule has 1 heterocycles. The molecule has 0 aliphatic carbocycles. The number of ketones is 1. The van der Waals surface area contributed by atoms with E-state index in [4.69, 9.17) is 16.3 Å². The van der Waals surface area contributed by atoms with Gasteiger partial charge in [-0.25, -0.2) is 0 Å². The van der Waals surface area contributed by atoms with Crippen LogP contribution in [0.15, 0.2) is 0 Å². The van der Waals surface area contributed by atoms with Crippen LogP contribution in [-0.4, -0.2) is 43.5 Å². The maximum atomic E-state index is 12.1. The van der Waals surface area contributed by atoms with E-state index in [0.717, 1.165) is 0 Å². The van der Waals surface area contributed by atoms with E-state index in [-0.39, 0.29) is 44.3 Å². The average Bonchev–Trinajstić information content (AvgIpc) is 2.34. The van der Waals surface area contributed by atoms with Crippen molar-refractivity contribution < 1.29 is 27.5 Å². The summed E-state index contributed by atoms with van der Waals surface area (Å²) in [7, 11) is 0. The van der Waals surface area contributed by atoms with Crippen molar-refractivity contribution in [3.8, 4) is 0 Å². The second kappa shape index (κ2) is 5.88. The van der Waals surface area contributed by atoms with Crippen LogP contribution in [0, 0.1) is 5.41 Å². The normalized spacial score (nSPS) is 19.3. The van der Waals surface area contributed by atoms with Gasteiger partial charge in [0.15, 0.2) is 5.78 Å². The molecule has 0 bridgehead atoms. The van der Waals surface area contributed by atoms with Crippen LogP contribution in [-0.2, 0) is 14.3 Å². The molecule has 0 radical (unpaired) electrons. The van der Waals surface area contributed by atoms with E-state index in [0.29, 0.717) is 0 Å². The molecule has 0 unspecified atom stereocenters. The summed E-state index contributed by atoms with van der Waals surface area (Å²) in [4.78, 5) is 22.5. The molecule has 0 saturated carbocycles. The van der Waals surface area contributed by atoms with Gasteiger partial charge in [-0.2, -0.15) is 13.2 Å². The van der Waals surface area contributed by atoms with Gasteiger partial charge in [-0.15, -0.1) is 11.6 Å². The fourth-order valence-electron chi connectivity index (χ4n) is 1.81. The molecule has 0 aromatic carbocycles. The lowest BCUT2D eigenvalue weighted by molar-refractivity contribution is -0.174. The molecule has 0 atom stereocenters. The van der Waals surface area contributed by atoms with Gasteiger partial charge in [0.25, 0.3) is 0 Å². The summed E-state index contributed by atoms with van der Waals surface area (Å²) in [6.45, 7) is 0.176. The Kier molecular flexibility index (Phi) is 4.98. The number of rotatable bonds is 4. The van der Waals surface area contributed by atoms with E-state index in [9.17, 15) is 22.8 Å². The topological polar surface area (TPSA) is 55.4 Å². The second-order valence-corrected chi connectivity index (χ2v) is 4.40. The van der Waals surface area contributed by atoms with Crippen molar-refractivity contribution in [1.82, 2.24) is 5.32 Å². The third-order valence-corrected chi connectivity index (χ3v) is 3.25. The van der Waals surface area contributed by atoms with Gasteiger partial charge in [0.2, 0.25) is 0 Å². The minimum Gasteiger partial charge on any atom is -0.381 e. The predicted molar refractivity (Wildman–Crippen MR) is 57.3 cm³/mol. The van der Waals surface area contributed by atoms with Gasteiger partial charge in [-0.05, 0) is 12.8 Å². The molecule has 4 nitrogen and oxygen atoms in total. The number of hydrogen-bond acceptors (Lipinski definition) is 3. The van der Waals surface area contributed by atoms with E-state index in [2.05, 4.69) is 0 Å². The molecule has 18 heavy (non-hydrogen) atoms. The Morgan fingerprint density at radius 2 is 1.83 bits per heavy atom. The average molecular weight is 288 g/mol. The lowest BCUT2D eigenvalue weighted by Gasteiger charge is -2.35. The predicted octanol–water partition coefficient (Wildman–Crippen LogP) is 1.27. The molecular formula is C10H13ClF3NO3. The Morgan fingerprint density at radius 1 is 1.28 bits per heavy atom. The van der Waals surface area contributed by atoms with Gasteiger partial charge >= 0.3 is 12.1 Å². The standard InChI is InChI=1S/C10H13ClF3NO3/c11-5-7(16)9(1-3-18-4-2-9)6-15-8(17)10(12,13)14/h1-6H2,(H,15,17). The molecule has 1 rings (SSSR count). The van der Waals surface area contributed by atoms with E-state index >= 15 is 0 Å². The van der Waals surface area contributed by atoms with Gasteiger partial charge in [0.05, 0.1) is 11.3 Å². The number of halogens is 4. The van der Waals surface area contributed by atoms with E-state index in [1.807, 2.05) is 0 Å². The Hall–Kier alpha value is -0.820. The number of nitrogens with one attached hydrogen (secondary N) is 1. The van der Waals surface area contributed by atoms with Crippen LogP contribution in [0.2, 0.25) is 0 Å². The summed E-state index contributed by atoms with van der Waals surface area (Å²) in [5.41, 5.74) is -1.04. The summed E-state index contributed by atoms with van der Waals surface area (Å²) in [5.74, 6) is -2.70.